The highest BCUT2D eigenvalue weighted by atomic mass is 19.2. The average molecular weight is 249 g/mol. The lowest BCUT2D eigenvalue weighted by atomic mass is 10.2. The summed E-state index contributed by atoms with van der Waals surface area (Å²) in [7, 11) is 0. The molecule has 1 aromatic carbocycles. The summed E-state index contributed by atoms with van der Waals surface area (Å²) in [5.41, 5.74) is -0.466. The normalized spacial score (nSPS) is 12.2. The first kappa shape index (κ1) is 13.3. The summed E-state index contributed by atoms with van der Waals surface area (Å²) in [5.74, 6) is -4.85. The van der Waals surface area contributed by atoms with Gasteiger partial charge in [-0.15, -0.1) is 0 Å². The van der Waals surface area contributed by atoms with Crippen LogP contribution in [-0.2, 0) is 4.79 Å². The largest absolute Gasteiger partial charge is 0.481 e. The predicted octanol–water partition coefficient (Wildman–Crippen LogP) is 1.35. The highest BCUT2D eigenvalue weighted by Crippen LogP contribution is 2.19. The zero-order chi connectivity index (χ0) is 13.0. The first-order valence-corrected chi connectivity index (χ1v) is 4.68. The molecule has 1 atom stereocenters. The molecule has 1 aromatic rings. The highest BCUT2D eigenvalue weighted by molar-refractivity contribution is 5.67. The van der Waals surface area contributed by atoms with Gasteiger partial charge in [0.25, 0.3) is 0 Å². The van der Waals surface area contributed by atoms with E-state index >= 15 is 0 Å². The van der Waals surface area contributed by atoms with Crippen LogP contribution in [0.1, 0.15) is 6.42 Å². The molecule has 1 rings (SSSR count). The fourth-order valence-electron chi connectivity index (χ4n) is 1.19. The maximum Gasteiger partial charge on any atom is 0.306 e. The Hall–Kier alpha value is -1.76. The first-order valence-electron chi connectivity index (χ1n) is 4.68. The summed E-state index contributed by atoms with van der Waals surface area (Å²) >= 11 is 0. The Morgan fingerprint density at radius 2 is 2.00 bits per heavy atom. The van der Waals surface area contributed by atoms with Crippen molar-refractivity contribution in [3.8, 4) is 0 Å². The van der Waals surface area contributed by atoms with Crippen molar-refractivity contribution in [1.82, 2.24) is 0 Å². The standard InChI is InChI=1S/C10H10F3NO3/c11-5-1-7(12)10(13)8(2-5)14-4-6(15)3-9(16)17/h1-2,6,14-15H,3-4H2,(H,16,17). The van der Waals surface area contributed by atoms with Crippen LogP contribution in [0, 0.1) is 17.5 Å². The van der Waals surface area contributed by atoms with E-state index in [4.69, 9.17) is 10.2 Å². The second kappa shape index (κ2) is 5.53. The molecule has 0 saturated carbocycles. The number of aliphatic carboxylic acids is 1. The van der Waals surface area contributed by atoms with Gasteiger partial charge >= 0.3 is 5.97 Å². The number of anilines is 1. The van der Waals surface area contributed by atoms with E-state index in [0.29, 0.717) is 12.1 Å². The van der Waals surface area contributed by atoms with E-state index in [1.54, 1.807) is 0 Å². The third kappa shape index (κ3) is 3.95. The topological polar surface area (TPSA) is 69.6 Å². The van der Waals surface area contributed by atoms with E-state index in [1.165, 1.54) is 0 Å². The second-order valence-electron chi connectivity index (χ2n) is 3.38. The number of carboxylic acid groups (broad SMARTS) is 1. The highest BCUT2D eigenvalue weighted by Gasteiger charge is 2.13. The zero-order valence-electron chi connectivity index (χ0n) is 8.58. The van der Waals surface area contributed by atoms with Gasteiger partial charge in [-0.05, 0) is 0 Å². The van der Waals surface area contributed by atoms with Crippen molar-refractivity contribution in [1.29, 1.82) is 0 Å². The molecule has 0 saturated heterocycles. The third-order valence-electron chi connectivity index (χ3n) is 1.93. The van der Waals surface area contributed by atoms with Crippen LogP contribution in [0.5, 0.6) is 0 Å². The second-order valence-corrected chi connectivity index (χ2v) is 3.38. The molecule has 0 aliphatic carbocycles. The SMILES string of the molecule is O=C(O)CC(O)CNc1cc(F)cc(F)c1F. The number of hydrogen-bond donors (Lipinski definition) is 3. The van der Waals surface area contributed by atoms with Gasteiger partial charge in [0, 0.05) is 18.7 Å². The minimum atomic E-state index is -1.36. The maximum absolute atomic E-state index is 13.1. The maximum atomic E-state index is 13.1. The molecule has 0 aliphatic heterocycles. The van der Waals surface area contributed by atoms with Crippen LogP contribution >= 0.6 is 0 Å². The number of hydrogen-bond acceptors (Lipinski definition) is 3. The summed E-state index contributed by atoms with van der Waals surface area (Å²) in [5, 5.41) is 19.7. The number of carboxylic acids is 1. The van der Waals surface area contributed by atoms with E-state index in [9.17, 15) is 18.0 Å². The lowest BCUT2D eigenvalue weighted by molar-refractivity contribution is -0.138. The molecule has 0 amide bonds. The monoisotopic (exact) mass is 249 g/mol. The Kier molecular flexibility index (Phi) is 4.33. The Balaban J connectivity index is 2.66. The fraction of sp³-hybridized carbons (Fsp3) is 0.300. The van der Waals surface area contributed by atoms with Crippen LogP contribution in [0.15, 0.2) is 12.1 Å². The number of aliphatic hydroxyl groups excluding tert-OH is 1. The minimum Gasteiger partial charge on any atom is -0.481 e. The molecule has 7 heteroatoms. The lowest BCUT2D eigenvalue weighted by Crippen LogP contribution is -2.23. The number of carbonyl (C=O) groups is 1. The number of halogens is 3. The van der Waals surface area contributed by atoms with E-state index in [2.05, 4.69) is 5.32 Å². The van der Waals surface area contributed by atoms with Gasteiger partial charge in [-0.2, -0.15) is 0 Å². The van der Waals surface area contributed by atoms with Gasteiger partial charge in [0.1, 0.15) is 5.82 Å². The fourth-order valence-corrected chi connectivity index (χ4v) is 1.19. The average Bonchev–Trinajstić information content (AvgIpc) is 2.20. The summed E-state index contributed by atoms with van der Waals surface area (Å²) < 4.78 is 38.6. The van der Waals surface area contributed by atoms with E-state index in [0.717, 1.165) is 0 Å². The molecule has 17 heavy (non-hydrogen) atoms. The van der Waals surface area contributed by atoms with E-state index in [-0.39, 0.29) is 6.54 Å². The van der Waals surface area contributed by atoms with Crippen LogP contribution in [0.25, 0.3) is 0 Å². The summed E-state index contributed by atoms with van der Waals surface area (Å²) in [6, 6.07) is 1.10. The Bertz CT molecular complexity index is 426. The molecule has 0 aromatic heterocycles. The first-order chi connectivity index (χ1) is 7.90. The molecule has 0 spiro atoms. The van der Waals surface area contributed by atoms with Gasteiger partial charge in [-0.1, -0.05) is 0 Å². The number of rotatable bonds is 5. The lowest BCUT2D eigenvalue weighted by Gasteiger charge is -2.11. The number of nitrogens with one attached hydrogen (secondary N) is 1. The molecule has 94 valence electrons. The molecule has 0 radical (unpaired) electrons. The minimum absolute atomic E-state index is 0.327. The summed E-state index contributed by atoms with van der Waals surface area (Å²) in [6.07, 6.45) is -1.83. The van der Waals surface area contributed by atoms with Crippen molar-refractivity contribution in [2.45, 2.75) is 12.5 Å². The van der Waals surface area contributed by atoms with Crippen molar-refractivity contribution >= 4 is 11.7 Å². The Morgan fingerprint density at radius 3 is 2.59 bits per heavy atom. The van der Waals surface area contributed by atoms with Crippen LogP contribution in [0.4, 0.5) is 18.9 Å². The third-order valence-corrected chi connectivity index (χ3v) is 1.93. The number of benzene rings is 1. The summed E-state index contributed by atoms with van der Waals surface area (Å²) in [4.78, 5) is 10.2. The molecule has 0 heterocycles. The van der Waals surface area contributed by atoms with Crippen LogP contribution in [0.2, 0.25) is 0 Å². The predicted molar refractivity (Wildman–Crippen MR) is 53.1 cm³/mol. The molecule has 1 unspecified atom stereocenters. The Morgan fingerprint density at radius 1 is 1.35 bits per heavy atom. The van der Waals surface area contributed by atoms with Crippen LogP contribution in [-0.4, -0.2) is 28.8 Å². The van der Waals surface area contributed by atoms with Crippen molar-refractivity contribution < 1.29 is 28.2 Å². The van der Waals surface area contributed by atoms with Gasteiger partial charge in [0.2, 0.25) is 0 Å². The molecule has 0 fully saturated rings. The molecule has 0 bridgehead atoms. The molecular weight excluding hydrogens is 239 g/mol. The Labute approximate surface area is 94.7 Å². The summed E-state index contributed by atoms with van der Waals surface area (Å²) in [6.45, 7) is -0.327. The van der Waals surface area contributed by atoms with Crippen molar-refractivity contribution in [2.24, 2.45) is 0 Å². The molecule has 0 aliphatic rings. The molecular formula is C10H10F3NO3. The van der Waals surface area contributed by atoms with Crippen molar-refractivity contribution in [3.63, 3.8) is 0 Å². The van der Waals surface area contributed by atoms with Gasteiger partial charge in [-0.3, -0.25) is 4.79 Å². The van der Waals surface area contributed by atoms with Crippen LogP contribution in [0.3, 0.4) is 0 Å². The molecule has 3 N–H and O–H groups in total. The quantitative estimate of drug-likeness (QED) is 0.689. The van der Waals surface area contributed by atoms with Crippen LogP contribution < -0.4 is 5.32 Å². The van der Waals surface area contributed by atoms with Crippen molar-refractivity contribution in [2.75, 3.05) is 11.9 Å². The van der Waals surface area contributed by atoms with Gasteiger partial charge in [0.05, 0.1) is 18.2 Å². The number of aliphatic hydroxyl groups is 1. The zero-order valence-corrected chi connectivity index (χ0v) is 8.58. The van der Waals surface area contributed by atoms with Crippen molar-refractivity contribution in [3.05, 3.63) is 29.6 Å². The molecule has 4 nitrogen and oxygen atoms in total. The van der Waals surface area contributed by atoms with Gasteiger partial charge in [-0.25, -0.2) is 13.2 Å². The van der Waals surface area contributed by atoms with E-state index < -0.39 is 41.6 Å². The van der Waals surface area contributed by atoms with Gasteiger partial charge < -0.3 is 15.5 Å². The van der Waals surface area contributed by atoms with Gasteiger partial charge in [0.15, 0.2) is 11.6 Å². The van der Waals surface area contributed by atoms with E-state index in [1.807, 2.05) is 0 Å². The smallest absolute Gasteiger partial charge is 0.306 e.